The van der Waals surface area contributed by atoms with E-state index in [1.165, 1.54) is 18.2 Å². The molecular formula is C12H13ClFNO2. The first-order valence-corrected chi connectivity index (χ1v) is 5.88. The van der Waals surface area contributed by atoms with E-state index in [-0.39, 0.29) is 35.7 Å². The number of benzene rings is 1. The van der Waals surface area contributed by atoms with Gasteiger partial charge in [0, 0.05) is 12.6 Å². The minimum absolute atomic E-state index is 0.102. The molecule has 0 atom stereocenters. The number of nitrogens with zero attached hydrogens (tertiary/aromatic N) is 1. The second-order valence-electron chi connectivity index (χ2n) is 4.05. The van der Waals surface area contributed by atoms with Gasteiger partial charge in [-0.05, 0) is 25.0 Å². The molecule has 0 aromatic heterocycles. The first-order chi connectivity index (χ1) is 8.15. The molecule has 0 radical (unpaired) electrons. The molecule has 0 heterocycles. The summed E-state index contributed by atoms with van der Waals surface area (Å²) in [6.07, 6.45) is 1.86. The van der Waals surface area contributed by atoms with Gasteiger partial charge < -0.3 is 10.0 Å². The summed E-state index contributed by atoms with van der Waals surface area (Å²) in [4.78, 5) is 13.7. The van der Waals surface area contributed by atoms with Crippen LogP contribution in [0.4, 0.5) is 4.39 Å². The summed E-state index contributed by atoms with van der Waals surface area (Å²) in [6.45, 7) is 0.158. The largest absolute Gasteiger partial charge is 0.395 e. The van der Waals surface area contributed by atoms with Gasteiger partial charge in [0.1, 0.15) is 5.82 Å². The quantitative estimate of drug-likeness (QED) is 0.897. The number of carbonyl (C=O) groups excluding carboxylic acids is 1. The molecule has 1 fully saturated rings. The molecule has 1 aromatic carbocycles. The smallest absolute Gasteiger partial charge is 0.255 e. The fourth-order valence-corrected chi connectivity index (χ4v) is 1.97. The molecule has 1 aromatic rings. The highest BCUT2D eigenvalue weighted by Gasteiger charge is 2.33. The molecule has 3 nitrogen and oxygen atoms in total. The van der Waals surface area contributed by atoms with E-state index < -0.39 is 5.82 Å². The van der Waals surface area contributed by atoms with E-state index in [2.05, 4.69) is 0 Å². The summed E-state index contributed by atoms with van der Waals surface area (Å²) < 4.78 is 13.3. The van der Waals surface area contributed by atoms with E-state index in [1.54, 1.807) is 4.90 Å². The van der Waals surface area contributed by atoms with Crippen LogP contribution in [0.1, 0.15) is 23.2 Å². The van der Waals surface area contributed by atoms with E-state index in [9.17, 15) is 9.18 Å². The van der Waals surface area contributed by atoms with Gasteiger partial charge in [-0.3, -0.25) is 4.79 Å². The number of hydrogen-bond acceptors (Lipinski definition) is 2. The maximum atomic E-state index is 13.3. The van der Waals surface area contributed by atoms with E-state index in [0.717, 1.165) is 12.8 Å². The van der Waals surface area contributed by atoms with Crippen molar-refractivity contribution in [2.24, 2.45) is 0 Å². The van der Waals surface area contributed by atoms with Crippen molar-refractivity contribution in [2.75, 3.05) is 13.2 Å². The van der Waals surface area contributed by atoms with Gasteiger partial charge in [0.2, 0.25) is 0 Å². The lowest BCUT2D eigenvalue weighted by Crippen LogP contribution is -2.35. The SMILES string of the molecule is O=C(c1cccc(F)c1Cl)N(CCO)C1CC1. The molecule has 0 saturated heterocycles. The van der Waals surface area contributed by atoms with E-state index >= 15 is 0 Å². The Morgan fingerprint density at radius 1 is 1.53 bits per heavy atom. The van der Waals surface area contributed by atoms with Gasteiger partial charge in [-0.1, -0.05) is 17.7 Å². The molecule has 1 aliphatic rings. The number of rotatable bonds is 4. The Kier molecular flexibility index (Phi) is 3.64. The average Bonchev–Trinajstić information content (AvgIpc) is 3.13. The first kappa shape index (κ1) is 12.3. The zero-order chi connectivity index (χ0) is 12.4. The molecule has 0 aliphatic heterocycles. The first-order valence-electron chi connectivity index (χ1n) is 5.51. The summed E-state index contributed by atoms with van der Waals surface area (Å²) in [6, 6.07) is 4.33. The number of aliphatic hydroxyl groups excluding tert-OH is 1. The molecule has 92 valence electrons. The van der Waals surface area contributed by atoms with Crippen LogP contribution < -0.4 is 0 Å². The fourth-order valence-electron chi connectivity index (χ4n) is 1.77. The van der Waals surface area contributed by atoms with Gasteiger partial charge in [0.05, 0.1) is 17.2 Å². The van der Waals surface area contributed by atoms with E-state index in [4.69, 9.17) is 16.7 Å². The van der Waals surface area contributed by atoms with Crippen molar-refractivity contribution in [3.05, 3.63) is 34.6 Å². The molecule has 1 amide bonds. The van der Waals surface area contributed by atoms with Gasteiger partial charge in [-0.2, -0.15) is 0 Å². The molecule has 0 bridgehead atoms. The molecule has 5 heteroatoms. The summed E-state index contributed by atoms with van der Waals surface area (Å²) in [5.41, 5.74) is 0.159. The second kappa shape index (κ2) is 5.02. The lowest BCUT2D eigenvalue weighted by atomic mass is 10.2. The predicted octanol–water partition coefficient (Wildman–Crippen LogP) is 2.08. The van der Waals surface area contributed by atoms with Crippen LogP contribution in [0.5, 0.6) is 0 Å². The molecule has 17 heavy (non-hydrogen) atoms. The molecule has 1 N–H and O–H groups in total. The monoisotopic (exact) mass is 257 g/mol. The minimum Gasteiger partial charge on any atom is -0.395 e. The Bertz CT molecular complexity index is 435. The van der Waals surface area contributed by atoms with Gasteiger partial charge in [-0.25, -0.2) is 4.39 Å². The van der Waals surface area contributed by atoms with Crippen LogP contribution in [0.3, 0.4) is 0 Å². The highest BCUT2D eigenvalue weighted by Crippen LogP contribution is 2.30. The minimum atomic E-state index is -0.600. The molecule has 1 aliphatic carbocycles. The predicted molar refractivity (Wildman–Crippen MR) is 62.6 cm³/mol. The van der Waals surface area contributed by atoms with Gasteiger partial charge >= 0.3 is 0 Å². The van der Waals surface area contributed by atoms with E-state index in [1.807, 2.05) is 0 Å². The zero-order valence-electron chi connectivity index (χ0n) is 9.20. The maximum absolute atomic E-state index is 13.3. The number of carbonyl (C=O) groups is 1. The van der Waals surface area contributed by atoms with Crippen LogP contribution in [0, 0.1) is 5.82 Å². The molecule has 0 spiro atoms. The maximum Gasteiger partial charge on any atom is 0.255 e. The highest BCUT2D eigenvalue weighted by atomic mass is 35.5. The van der Waals surface area contributed by atoms with Crippen molar-refractivity contribution in [1.29, 1.82) is 0 Å². The summed E-state index contributed by atoms with van der Waals surface area (Å²) in [5.74, 6) is -0.914. The Morgan fingerprint density at radius 2 is 2.24 bits per heavy atom. The van der Waals surface area contributed by atoms with E-state index in [0.29, 0.717) is 0 Å². The Labute approximate surface area is 104 Å². The van der Waals surface area contributed by atoms with Crippen molar-refractivity contribution in [3.8, 4) is 0 Å². The van der Waals surface area contributed by atoms with Gasteiger partial charge in [0.15, 0.2) is 0 Å². The number of aliphatic hydroxyl groups is 1. The van der Waals surface area contributed by atoms with Crippen molar-refractivity contribution < 1.29 is 14.3 Å². The van der Waals surface area contributed by atoms with Gasteiger partial charge in [-0.15, -0.1) is 0 Å². The number of hydrogen-bond donors (Lipinski definition) is 1. The van der Waals surface area contributed by atoms with Crippen LogP contribution in [0.15, 0.2) is 18.2 Å². The van der Waals surface area contributed by atoms with Crippen LogP contribution in [0.2, 0.25) is 5.02 Å². The lowest BCUT2D eigenvalue weighted by molar-refractivity contribution is 0.0707. The highest BCUT2D eigenvalue weighted by molar-refractivity contribution is 6.34. The summed E-state index contributed by atoms with van der Waals surface area (Å²) in [5, 5.41) is 8.78. The normalized spacial score (nSPS) is 14.8. The number of amides is 1. The standard InChI is InChI=1S/C12H13ClFNO2/c13-11-9(2-1-3-10(11)14)12(17)15(6-7-16)8-4-5-8/h1-3,8,16H,4-7H2. The topological polar surface area (TPSA) is 40.5 Å². The summed E-state index contributed by atoms with van der Waals surface area (Å²) >= 11 is 5.77. The zero-order valence-corrected chi connectivity index (χ0v) is 9.95. The second-order valence-corrected chi connectivity index (χ2v) is 4.43. The van der Waals surface area contributed by atoms with Gasteiger partial charge in [0.25, 0.3) is 5.91 Å². The lowest BCUT2D eigenvalue weighted by Gasteiger charge is -2.21. The third-order valence-electron chi connectivity index (χ3n) is 2.77. The number of halogens is 2. The third kappa shape index (κ3) is 2.58. The van der Waals surface area contributed by atoms with Crippen LogP contribution in [-0.4, -0.2) is 35.1 Å². The van der Waals surface area contributed by atoms with Crippen LogP contribution >= 0.6 is 11.6 Å². The third-order valence-corrected chi connectivity index (χ3v) is 3.16. The van der Waals surface area contributed by atoms with Crippen LogP contribution in [0.25, 0.3) is 0 Å². The Morgan fingerprint density at radius 3 is 2.82 bits per heavy atom. The molecule has 0 unspecified atom stereocenters. The summed E-state index contributed by atoms with van der Waals surface area (Å²) in [7, 11) is 0. The van der Waals surface area contributed by atoms with Crippen molar-refractivity contribution in [1.82, 2.24) is 4.90 Å². The van der Waals surface area contributed by atoms with Crippen molar-refractivity contribution in [2.45, 2.75) is 18.9 Å². The molecule has 2 rings (SSSR count). The fraction of sp³-hybridized carbons (Fsp3) is 0.417. The van der Waals surface area contributed by atoms with Crippen LogP contribution in [-0.2, 0) is 0 Å². The molecular weight excluding hydrogens is 245 g/mol. The van der Waals surface area contributed by atoms with Crippen molar-refractivity contribution >= 4 is 17.5 Å². The Balaban J connectivity index is 2.25. The molecule has 1 saturated carbocycles. The average molecular weight is 258 g/mol. The Hall–Kier alpha value is -1.13. The van der Waals surface area contributed by atoms with Crippen molar-refractivity contribution in [3.63, 3.8) is 0 Å².